The number of halogens is 1. The Balaban J connectivity index is 2.89. The van der Waals surface area contributed by atoms with Crippen LogP contribution in [-0.2, 0) is 16.4 Å². The van der Waals surface area contributed by atoms with E-state index in [9.17, 15) is 8.42 Å². The number of rotatable bonds is 6. The molecule has 1 unspecified atom stereocenters. The lowest BCUT2D eigenvalue weighted by atomic mass is 10.1. The Morgan fingerprint density at radius 3 is 2.42 bits per heavy atom. The van der Waals surface area contributed by atoms with Crippen molar-refractivity contribution in [1.82, 2.24) is 5.32 Å². The van der Waals surface area contributed by atoms with Crippen molar-refractivity contribution in [2.45, 2.75) is 44.7 Å². The number of benzene rings is 1. The Morgan fingerprint density at radius 1 is 1.26 bits per heavy atom. The monoisotopic (exact) mass is 303 g/mol. The van der Waals surface area contributed by atoms with Crippen LogP contribution in [0.25, 0.3) is 0 Å². The number of sulfone groups is 1. The molecule has 1 atom stereocenters. The molecule has 1 rings (SSSR count). The zero-order valence-electron chi connectivity index (χ0n) is 11.9. The van der Waals surface area contributed by atoms with E-state index in [2.05, 4.69) is 26.1 Å². The van der Waals surface area contributed by atoms with Crippen LogP contribution in [0, 0.1) is 5.92 Å². The lowest BCUT2D eigenvalue weighted by Crippen LogP contribution is -2.27. The Labute approximate surface area is 121 Å². The second-order valence-corrected chi connectivity index (χ2v) is 7.79. The molecule has 0 amide bonds. The molecule has 1 N–H and O–H groups in total. The molecule has 108 valence electrons. The Bertz CT molecular complexity index is 526. The molecule has 0 saturated carbocycles. The molecular formula is C14H22ClNO2S. The van der Waals surface area contributed by atoms with Crippen LogP contribution in [0.2, 0.25) is 5.02 Å². The fraction of sp³-hybridized carbons (Fsp3) is 0.571. The van der Waals surface area contributed by atoms with Crippen LogP contribution in [0.3, 0.4) is 0 Å². The lowest BCUT2D eigenvalue weighted by molar-refractivity contribution is 0.440. The summed E-state index contributed by atoms with van der Waals surface area (Å²) >= 11 is 6.12. The smallest absolute Gasteiger partial charge is 0.175 e. The third kappa shape index (κ3) is 5.13. The number of hydrogen-bond acceptors (Lipinski definition) is 3. The van der Waals surface area contributed by atoms with Gasteiger partial charge in [0.2, 0.25) is 0 Å². The summed E-state index contributed by atoms with van der Waals surface area (Å²) in [5, 5.41) is 3.83. The predicted molar refractivity (Wildman–Crippen MR) is 80.3 cm³/mol. The van der Waals surface area contributed by atoms with E-state index in [1.54, 1.807) is 18.2 Å². The van der Waals surface area contributed by atoms with E-state index in [-0.39, 0.29) is 0 Å². The molecule has 0 aliphatic heterocycles. The number of nitrogens with one attached hydrogen (secondary N) is 1. The van der Waals surface area contributed by atoms with Crippen LogP contribution in [0.15, 0.2) is 23.1 Å². The molecule has 0 heterocycles. The molecule has 0 radical (unpaired) electrons. The van der Waals surface area contributed by atoms with Gasteiger partial charge in [0, 0.05) is 29.4 Å². The fourth-order valence-electron chi connectivity index (χ4n) is 2.12. The quantitative estimate of drug-likeness (QED) is 0.877. The highest BCUT2D eigenvalue weighted by molar-refractivity contribution is 7.90. The van der Waals surface area contributed by atoms with Crippen molar-refractivity contribution in [1.29, 1.82) is 0 Å². The minimum Gasteiger partial charge on any atom is -0.310 e. The van der Waals surface area contributed by atoms with Gasteiger partial charge in [0.15, 0.2) is 9.84 Å². The van der Waals surface area contributed by atoms with Crippen LogP contribution >= 0.6 is 11.6 Å². The topological polar surface area (TPSA) is 46.2 Å². The van der Waals surface area contributed by atoms with Crippen molar-refractivity contribution >= 4 is 21.4 Å². The summed E-state index contributed by atoms with van der Waals surface area (Å²) in [5.41, 5.74) is 0.655. The van der Waals surface area contributed by atoms with Crippen LogP contribution in [-0.4, -0.2) is 20.7 Å². The molecule has 0 aliphatic carbocycles. The van der Waals surface area contributed by atoms with Crippen LogP contribution in [0.1, 0.15) is 32.8 Å². The first-order chi connectivity index (χ1) is 8.71. The highest BCUT2D eigenvalue weighted by Gasteiger charge is 2.16. The van der Waals surface area contributed by atoms with Gasteiger partial charge in [-0.15, -0.1) is 0 Å². The van der Waals surface area contributed by atoms with Gasteiger partial charge < -0.3 is 5.32 Å². The first kappa shape index (κ1) is 16.5. The standard InChI is InChI=1S/C14H22ClNO2S/c1-10(2)8-11(3)16-9-12-13(15)6-5-7-14(12)19(4,17)18/h5-7,10-11,16H,8-9H2,1-4H3. The first-order valence-electron chi connectivity index (χ1n) is 6.42. The molecule has 5 heteroatoms. The van der Waals surface area contributed by atoms with Gasteiger partial charge in [-0.2, -0.15) is 0 Å². The van der Waals surface area contributed by atoms with Gasteiger partial charge in [-0.05, 0) is 31.4 Å². The Morgan fingerprint density at radius 2 is 1.89 bits per heavy atom. The molecule has 0 saturated heterocycles. The van der Waals surface area contributed by atoms with E-state index in [4.69, 9.17) is 11.6 Å². The second kappa shape index (κ2) is 6.73. The maximum absolute atomic E-state index is 11.7. The van der Waals surface area contributed by atoms with Gasteiger partial charge in [0.1, 0.15) is 0 Å². The number of hydrogen-bond donors (Lipinski definition) is 1. The molecule has 0 aliphatic rings. The van der Waals surface area contributed by atoms with E-state index in [1.807, 2.05) is 0 Å². The third-order valence-electron chi connectivity index (χ3n) is 2.93. The molecule has 0 fully saturated rings. The summed E-state index contributed by atoms with van der Waals surface area (Å²) in [7, 11) is -3.25. The van der Waals surface area contributed by atoms with E-state index in [1.165, 1.54) is 6.26 Å². The normalized spacial score (nSPS) is 13.8. The minimum atomic E-state index is -3.25. The Hall–Kier alpha value is -0.580. The zero-order chi connectivity index (χ0) is 14.6. The summed E-state index contributed by atoms with van der Waals surface area (Å²) in [6.07, 6.45) is 2.25. The van der Waals surface area contributed by atoms with Gasteiger partial charge in [0.05, 0.1) is 4.90 Å². The summed E-state index contributed by atoms with van der Waals surface area (Å²) in [6, 6.07) is 5.31. The SMILES string of the molecule is CC(C)CC(C)NCc1c(Cl)cccc1S(C)(=O)=O. The van der Waals surface area contributed by atoms with Crippen molar-refractivity contribution in [3.63, 3.8) is 0 Å². The van der Waals surface area contributed by atoms with Gasteiger partial charge >= 0.3 is 0 Å². The van der Waals surface area contributed by atoms with E-state index < -0.39 is 9.84 Å². The molecule has 0 bridgehead atoms. The Kier molecular flexibility index (Phi) is 5.83. The highest BCUT2D eigenvalue weighted by atomic mass is 35.5. The third-order valence-corrected chi connectivity index (χ3v) is 4.46. The van der Waals surface area contributed by atoms with Gasteiger partial charge in [-0.3, -0.25) is 0 Å². The molecule has 19 heavy (non-hydrogen) atoms. The van der Waals surface area contributed by atoms with E-state index in [0.717, 1.165) is 6.42 Å². The van der Waals surface area contributed by atoms with E-state index in [0.29, 0.717) is 34.0 Å². The van der Waals surface area contributed by atoms with Crippen molar-refractivity contribution in [2.75, 3.05) is 6.26 Å². The van der Waals surface area contributed by atoms with Gasteiger partial charge in [-0.25, -0.2) is 8.42 Å². The first-order valence-corrected chi connectivity index (χ1v) is 8.69. The highest BCUT2D eigenvalue weighted by Crippen LogP contribution is 2.24. The van der Waals surface area contributed by atoms with Crippen LogP contribution in [0.4, 0.5) is 0 Å². The van der Waals surface area contributed by atoms with Gasteiger partial charge in [0.25, 0.3) is 0 Å². The van der Waals surface area contributed by atoms with E-state index >= 15 is 0 Å². The van der Waals surface area contributed by atoms with Gasteiger partial charge in [-0.1, -0.05) is 31.5 Å². The summed E-state index contributed by atoms with van der Waals surface area (Å²) < 4.78 is 23.5. The molecular weight excluding hydrogens is 282 g/mol. The maximum atomic E-state index is 11.7. The molecule has 1 aromatic rings. The average molecular weight is 304 g/mol. The largest absolute Gasteiger partial charge is 0.310 e. The zero-order valence-corrected chi connectivity index (χ0v) is 13.5. The molecule has 1 aromatic carbocycles. The predicted octanol–water partition coefficient (Wildman–Crippen LogP) is 3.27. The second-order valence-electron chi connectivity index (χ2n) is 5.40. The molecule has 0 aromatic heterocycles. The van der Waals surface area contributed by atoms with Crippen LogP contribution < -0.4 is 5.32 Å². The van der Waals surface area contributed by atoms with Crippen molar-refractivity contribution in [3.8, 4) is 0 Å². The van der Waals surface area contributed by atoms with Crippen molar-refractivity contribution in [2.24, 2.45) is 5.92 Å². The average Bonchev–Trinajstić information content (AvgIpc) is 2.24. The fourth-order valence-corrected chi connectivity index (χ4v) is 3.38. The summed E-state index contributed by atoms with van der Waals surface area (Å²) in [6.45, 7) is 6.89. The summed E-state index contributed by atoms with van der Waals surface area (Å²) in [4.78, 5) is 0.309. The van der Waals surface area contributed by atoms with Crippen LogP contribution in [0.5, 0.6) is 0 Å². The maximum Gasteiger partial charge on any atom is 0.175 e. The summed E-state index contributed by atoms with van der Waals surface area (Å²) in [5.74, 6) is 0.600. The van der Waals surface area contributed by atoms with Crippen molar-refractivity contribution < 1.29 is 8.42 Å². The lowest BCUT2D eigenvalue weighted by Gasteiger charge is -2.17. The minimum absolute atomic E-state index is 0.309. The molecule has 3 nitrogen and oxygen atoms in total. The molecule has 0 spiro atoms. The van der Waals surface area contributed by atoms with Crippen molar-refractivity contribution in [3.05, 3.63) is 28.8 Å².